The van der Waals surface area contributed by atoms with Crippen LogP contribution in [0.25, 0.3) is 5.69 Å². The highest BCUT2D eigenvalue weighted by Crippen LogP contribution is 2.17. The maximum Gasteiger partial charge on any atom is 0.270 e. The molecule has 0 saturated heterocycles. The minimum Gasteiger partial charge on any atom is -0.268 e. The van der Waals surface area contributed by atoms with E-state index in [1.165, 1.54) is 21.5 Å². The third-order valence-corrected chi connectivity index (χ3v) is 2.77. The highest BCUT2D eigenvalue weighted by Gasteiger charge is 2.08. The van der Waals surface area contributed by atoms with E-state index in [9.17, 15) is 9.59 Å². The first-order chi connectivity index (χ1) is 8.15. The summed E-state index contributed by atoms with van der Waals surface area (Å²) in [6.07, 6.45) is 0. The molecule has 0 aliphatic carbocycles. The topological polar surface area (TPSA) is 44.0 Å². The van der Waals surface area contributed by atoms with Crippen LogP contribution in [0.3, 0.4) is 0 Å². The van der Waals surface area contributed by atoms with Crippen molar-refractivity contribution in [3.05, 3.63) is 62.1 Å². The standard InChI is InChI=1S/C12H11ClN2O2/c1-2-14-11(16)7-8-12(17)15(14)10-6-4-3-5-9(10)13/h3-8H,2H2,1H3. The molecular weight excluding hydrogens is 240 g/mol. The zero-order chi connectivity index (χ0) is 12.4. The van der Waals surface area contributed by atoms with E-state index in [1.807, 2.05) is 0 Å². The van der Waals surface area contributed by atoms with Crippen LogP contribution in [0.2, 0.25) is 5.02 Å². The minimum absolute atomic E-state index is 0.230. The Balaban J connectivity index is 2.84. The molecular formula is C12H11ClN2O2. The summed E-state index contributed by atoms with van der Waals surface area (Å²) in [5.41, 5.74) is 0.00489. The van der Waals surface area contributed by atoms with Gasteiger partial charge in [0, 0.05) is 18.7 Å². The lowest BCUT2D eigenvalue weighted by molar-refractivity contribution is 0.530. The largest absolute Gasteiger partial charge is 0.270 e. The lowest BCUT2D eigenvalue weighted by Gasteiger charge is -2.14. The first-order valence-corrected chi connectivity index (χ1v) is 5.61. The summed E-state index contributed by atoms with van der Waals surface area (Å²) in [5, 5.41) is 0.433. The quantitative estimate of drug-likeness (QED) is 0.814. The molecule has 1 heterocycles. The van der Waals surface area contributed by atoms with Gasteiger partial charge >= 0.3 is 0 Å². The minimum atomic E-state index is -0.278. The molecule has 1 aromatic heterocycles. The van der Waals surface area contributed by atoms with Crippen molar-refractivity contribution in [1.82, 2.24) is 9.36 Å². The highest BCUT2D eigenvalue weighted by molar-refractivity contribution is 6.32. The number of hydrogen-bond acceptors (Lipinski definition) is 2. The van der Waals surface area contributed by atoms with Gasteiger partial charge in [-0.3, -0.25) is 9.59 Å². The summed E-state index contributed by atoms with van der Waals surface area (Å²) in [5.74, 6) is 0. The molecule has 0 aliphatic heterocycles. The van der Waals surface area contributed by atoms with Crippen LogP contribution >= 0.6 is 11.6 Å². The van der Waals surface area contributed by atoms with E-state index >= 15 is 0 Å². The predicted molar refractivity (Wildman–Crippen MR) is 67.0 cm³/mol. The number of para-hydroxylation sites is 1. The summed E-state index contributed by atoms with van der Waals surface area (Å²) in [4.78, 5) is 23.5. The van der Waals surface area contributed by atoms with Gasteiger partial charge in [0.25, 0.3) is 11.1 Å². The molecule has 0 fully saturated rings. The fourth-order valence-corrected chi connectivity index (χ4v) is 1.90. The molecule has 2 rings (SSSR count). The van der Waals surface area contributed by atoms with Crippen molar-refractivity contribution < 1.29 is 0 Å². The second-order valence-electron chi connectivity index (χ2n) is 3.49. The molecule has 0 bridgehead atoms. The molecule has 17 heavy (non-hydrogen) atoms. The lowest BCUT2D eigenvalue weighted by atomic mass is 10.3. The number of nitrogens with zero attached hydrogens (tertiary/aromatic N) is 2. The maximum absolute atomic E-state index is 11.8. The monoisotopic (exact) mass is 250 g/mol. The van der Waals surface area contributed by atoms with Gasteiger partial charge in [0.15, 0.2) is 0 Å². The predicted octanol–water partition coefficient (Wildman–Crippen LogP) is 1.67. The molecule has 0 aliphatic rings. The first-order valence-electron chi connectivity index (χ1n) is 5.23. The Morgan fingerprint density at radius 3 is 2.35 bits per heavy atom. The molecule has 0 radical (unpaired) electrons. The summed E-state index contributed by atoms with van der Waals surface area (Å²) >= 11 is 6.04. The van der Waals surface area contributed by atoms with Gasteiger partial charge in [-0.1, -0.05) is 23.7 Å². The SMILES string of the molecule is CCn1c(=O)ccc(=O)n1-c1ccccc1Cl. The van der Waals surface area contributed by atoms with Crippen LogP contribution < -0.4 is 11.1 Å². The van der Waals surface area contributed by atoms with Crippen LogP contribution in [0, 0.1) is 0 Å². The van der Waals surface area contributed by atoms with Crippen LogP contribution in [0.1, 0.15) is 6.92 Å². The van der Waals surface area contributed by atoms with Crippen molar-refractivity contribution in [3.8, 4) is 5.69 Å². The van der Waals surface area contributed by atoms with Crippen molar-refractivity contribution in [2.45, 2.75) is 13.5 Å². The van der Waals surface area contributed by atoms with E-state index in [1.54, 1.807) is 31.2 Å². The summed E-state index contributed by atoms with van der Waals surface area (Å²) in [6, 6.07) is 9.44. The van der Waals surface area contributed by atoms with Gasteiger partial charge in [-0.15, -0.1) is 0 Å². The zero-order valence-corrected chi connectivity index (χ0v) is 10.0. The normalized spacial score (nSPS) is 10.5. The Kier molecular flexibility index (Phi) is 3.15. The van der Waals surface area contributed by atoms with E-state index in [0.717, 1.165) is 0 Å². The summed E-state index contributed by atoms with van der Waals surface area (Å²) in [6.45, 7) is 2.20. The molecule has 0 unspecified atom stereocenters. The molecule has 2 aromatic rings. The Labute approximate surface area is 103 Å². The first kappa shape index (κ1) is 11.7. The molecule has 0 saturated carbocycles. The smallest absolute Gasteiger partial charge is 0.268 e. The molecule has 0 spiro atoms. The number of aromatic nitrogens is 2. The number of halogens is 1. The molecule has 1 aromatic carbocycles. The maximum atomic E-state index is 11.8. The fourth-order valence-electron chi connectivity index (χ4n) is 1.69. The van der Waals surface area contributed by atoms with Crippen LogP contribution in [0.4, 0.5) is 0 Å². The Hall–Kier alpha value is -1.81. The Bertz CT molecular complexity index is 658. The molecule has 0 N–H and O–H groups in total. The van der Waals surface area contributed by atoms with Gasteiger partial charge in [0.2, 0.25) is 0 Å². The second-order valence-corrected chi connectivity index (χ2v) is 3.90. The van der Waals surface area contributed by atoms with E-state index in [2.05, 4.69) is 0 Å². The van der Waals surface area contributed by atoms with E-state index < -0.39 is 0 Å². The van der Waals surface area contributed by atoms with Gasteiger partial charge < -0.3 is 0 Å². The van der Waals surface area contributed by atoms with Crippen molar-refractivity contribution in [3.63, 3.8) is 0 Å². The van der Waals surface area contributed by atoms with Crippen molar-refractivity contribution >= 4 is 11.6 Å². The second kappa shape index (κ2) is 4.59. The highest BCUT2D eigenvalue weighted by atomic mass is 35.5. The van der Waals surface area contributed by atoms with Gasteiger partial charge in [-0.05, 0) is 19.1 Å². The van der Waals surface area contributed by atoms with Crippen molar-refractivity contribution in [2.24, 2.45) is 0 Å². The van der Waals surface area contributed by atoms with E-state index in [-0.39, 0.29) is 11.1 Å². The van der Waals surface area contributed by atoms with Crippen LogP contribution in [-0.4, -0.2) is 9.36 Å². The average molecular weight is 251 g/mol. The van der Waals surface area contributed by atoms with Gasteiger partial charge in [0.05, 0.1) is 10.7 Å². The molecule has 4 nitrogen and oxygen atoms in total. The number of hydrogen-bond donors (Lipinski definition) is 0. The zero-order valence-electron chi connectivity index (χ0n) is 9.26. The average Bonchev–Trinajstić information content (AvgIpc) is 2.33. The van der Waals surface area contributed by atoms with Crippen LogP contribution in [0.15, 0.2) is 46.0 Å². The fraction of sp³-hybridized carbons (Fsp3) is 0.167. The molecule has 0 atom stereocenters. The van der Waals surface area contributed by atoms with Crippen molar-refractivity contribution in [2.75, 3.05) is 0 Å². The van der Waals surface area contributed by atoms with Crippen molar-refractivity contribution in [1.29, 1.82) is 0 Å². The number of rotatable bonds is 2. The number of benzene rings is 1. The van der Waals surface area contributed by atoms with Crippen LogP contribution in [0.5, 0.6) is 0 Å². The summed E-state index contributed by atoms with van der Waals surface area (Å²) < 4.78 is 2.65. The third kappa shape index (κ3) is 2.03. The Morgan fingerprint density at radius 2 is 1.71 bits per heavy atom. The Morgan fingerprint density at radius 1 is 1.06 bits per heavy atom. The van der Waals surface area contributed by atoms with Crippen LogP contribution in [-0.2, 0) is 6.54 Å². The molecule has 5 heteroatoms. The van der Waals surface area contributed by atoms with Gasteiger partial charge in [-0.2, -0.15) is 0 Å². The van der Waals surface area contributed by atoms with E-state index in [4.69, 9.17) is 11.6 Å². The van der Waals surface area contributed by atoms with Gasteiger partial charge in [0.1, 0.15) is 0 Å². The molecule has 88 valence electrons. The molecule has 0 amide bonds. The van der Waals surface area contributed by atoms with Gasteiger partial charge in [-0.25, -0.2) is 9.36 Å². The van der Waals surface area contributed by atoms with E-state index in [0.29, 0.717) is 17.3 Å². The lowest BCUT2D eigenvalue weighted by Crippen LogP contribution is -2.36. The third-order valence-electron chi connectivity index (χ3n) is 2.45. The summed E-state index contributed by atoms with van der Waals surface area (Å²) in [7, 11) is 0.